The average Bonchev–Trinajstić information content (AvgIpc) is 2.85. The average molecular weight is 238 g/mol. The molecule has 0 fully saturated rings. The normalized spacial score (nSPS) is 12.7. The number of hydrogen-bond acceptors (Lipinski definition) is 2. The monoisotopic (exact) mass is 238 g/mol. The zero-order valence-corrected chi connectivity index (χ0v) is 9.80. The van der Waals surface area contributed by atoms with Crippen LogP contribution in [0.15, 0.2) is 60.8 Å². The SMILES string of the molecule is ONC(c1ccccc1)c1c[nH]c2ccccc12. The van der Waals surface area contributed by atoms with E-state index >= 15 is 0 Å². The first-order chi connectivity index (χ1) is 8.90. The predicted molar refractivity (Wildman–Crippen MR) is 71.5 cm³/mol. The number of fused-ring (bicyclic) bond motifs is 1. The molecule has 3 heteroatoms. The Kier molecular flexibility index (Phi) is 2.84. The zero-order valence-electron chi connectivity index (χ0n) is 9.80. The first-order valence-corrected chi connectivity index (χ1v) is 5.91. The highest BCUT2D eigenvalue weighted by Gasteiger charge is 2.16. The lowest BCUT2D eigenvalue weighted by Gasteiger charge is -2.14. The minimum absolute atomic E-state index is 0.220. The number of rotatable bonds is 3. The fourth-order valence-electron chi connectivity index (χ4n) is 2.30. The van der Waals surface area contributed by atoms with Crippen molar-refractivity contribution in [1.82, 2.24) is 10.5 Å². The maximum absolute atomic E-state index is 9.45. The molecule has 3 aromatic rings. The Hall–Kier alpha value is -2.10. The minimum Gasteiger partial charge on any atom is -0.361 e. The third kappa shape index (κ3) is 1.79. The lowest BCUT2D eigenvalue weighted by atomic mass is 9.99. The van der Waals surface area contributed by atoms with Crippen molar-refractivity contribution in [2.24, 2.45) is 0 Å². The maximum atomic E-state index is 9.45. The Bertz CT molecular complexity index is 646. The van der Waals surface area contributed by atoms with E-state index in [1.165, 1.54) is 0 Å². The van der Waals surface area contributed by atoms with E-state index < -0.39 is 0 Å². The highest BCUT2D eigenvalue weighted by molar-refractivity contribution is 5.84. The van der Waals surface area contributed by atoms with Gasteiger partial charge in [-0.2, -0.15) is 5.48 Å². The fourth-order valence-corrected chi connectivity index (χ4v) is 2.30. The van der Waals surface area contributed by atoms with Gasteiger partial charge in [0.25, 0.3) is 0 Å². The van der Waals surface area contributed by atoms with Gasteiger partial charge in [-0.25, -0.2) is 0 Å². The Morgan fingerprint density at radius 3 is 2.44 bits per heavy atom. The number of H-pyrrole nitrogens is 1. The van der Waals surface area contributed by atoms with Crippen LogP contribution in [0.2, 0.25) is 0 Å². The molecule has 3 nitrogen and oxygen atoms in total. The van der Waals surface area contributed by atoms with Gasteiger partial charge in [0.05, 0.1) is 6.04 Å². The molecule has 0 aliphatic heterocycles. The van der Waals surface area contributed by atoms with Crippen molar-refractivity contribution in [2.45, 2.75) is 6.04 Å². The van der Waals surface area contributed by atoms with Crippen LogP contribution in [0.25, 0.3) is 10.9 Å². The van der Waals surface area contributed by atoms with Crippen molar-refractivity contribution in [3.63, 3.8) is 0 Å². The lowest BCUT2D eigenvalue weighted by Crippen LogP contribution is -2.17. The van der Waals surface area contributed by atoms with Gasteiger partial charge in [-0.3, -0.25) is 0 Å². The highest BCUT2D eigenvalue weighted by Crippen LogP contribution is 2.28. The molecule has 0 saturated heterocycles. The molecule has 1 atom stereocenters. The van der Waals surface area contributed by atoms with Crippen molar-refractivity contribution in [2.75, 3.05) is 0 Å². The van der Waals surface area contributed by atoms with Crippen LogP contribution in [0.3, 0.4) is 0 Å². The van der Waals surface area contributed by atoms with E-state index in [4.69, 9.17) is 0 Å². The van der Waals surface area contributed by atoms with Crippen LogP contribution >= 0.6 is 0 Å². The van der Waals surface area contributed by atoms with Gasteiger partial charge in [0.2, 0.25) is 0 Å². The summed E-state index contributed by atoms with van der Waals surface area (Å²) in [4.78, 5) is 3.22. The number of para-hydroxylation sites is 1. The predicted octanol–water partition coefficient (Wildman–Crippen LogP) is 3.24. The molecule has 0 amide bonds. The summed E-state index contributed by atoms with van der Waals surface area (Å²) >= 11 is 0. The molecule has 0 spiro atoms. The Labute approximate surface area is 105 Å². The van der Waals surface area contributed by atoms with E-state index in [1.807, 2.05) is 54.7 Å². The van der Waals surface area contributed by atoms with Crippen LogP contribution in [0, 0.1) is 0 Å². The number of aromatic amines is 1. The van der Waals surface area contributed by atoms with E-state index in [0.29, 0.717) is 0 Å². The Morgan fingerprint density at radius 2 is 1.67 bits per heavy atom. The molecule has 0 aliphatic rings. The molecule has 0 aliphatic carbocycles. The second-order valence-corrected chi connectivity index (χ2v) is 4.26. The van der Waals surface area contributed by atoms with Crippen LogP contribution in [0.1, 0.15) is 17.2 Å². The fraction of sp³-hybridized carbons (Fsp3) is 0.0667. The third-order valence-electron chi connectivity index (χ3n) is 3.19. The maximum Gasteiger partial charge on any atom is 0.0839 e. The molecule has 90 valence electrons. The van der Waals surface area contributed by atoms with Gasteiger partial charge in [0.1, 0.15) is 0 Å². The third-order valence-corrected chi connectivity index (χ3v) is 3.19. The summed E-state index contributed by atoms with van der Waals surface area (Å²) in [6.45, 7) is 0. The summed E-state index contributed by atoms with van der Waals surface area (Å²) in [7, 11) is 0. The number of nitrogens with one attached hydrogen (secondary N) is 2. The summed E-state index contributed by atoms with van der Waals surface area (Å²) in [5, 5.41) is 10.6. The summed E-state index contributed by atoms with van der Waals surface area (Å²) in [6, 6.07) is 17.7. The van der Waals surface area contributed by atoms with Gasteiger partial charge >= 0.3 is 0 Å². The van der Waals surface area contributed by atoms with Crippen molar-refractivity contribution >= 4 is 10.9 Å². The molecular formula is C15H14N2O. The minimum atomic E-state index is -0.220. The van der Waals surface area contributed by atoms with Gasteiger partial charge in [0.15, 0.2) is 0 Å². The van der Waals surface area contributed by atoms with Gasteiger partial charge < -0.3 is 10.2 Å². The van der Waals surface area contributed by atoms with Crippen molar-refractivity contribution in [3.8, 4) is 0 Å². The summed E-state index contributed by atoms with van der Waals surface area (Å²) < 4.78 is 0. The van der Waals surface area contributed by atoms with Crippen LogP contribution in [0.5, 0.6) is 0 Å². The van der Waals surface area contributed by atoms with Crippen molar-refractivity contribution in [3.05, 3.63) is 71.9 Å². The van der Waals surface area contributed by atoms with Crippen LogP contribution in [-0.4, -0.2) is 10.2 Å². The Morgan fingerprint density at radius 1 is 0.944 bits per heavy atom. The van der Waals surface area contributed by atoms with Crippen LogP contribution < -0.4 is 5.48 Å². The summed E-state index contributed by atoms with van der Waals surface area (Å²) in [5.41, 5.74) is 5.54. The number of hydrogen-bond donors (Lipinski definition) is 3. The molecule has 3 N–H and O–H groups in total. The van der Waals surface area contributed by atoms with Gasteiger partial charge in [-0.15, -0.1) is 0 Å². The first-order valence-electron chi connectivity index (χ1n) is 5.91. The molecular weight excluding hydrogens is 224 g/mol. The number of hydroxylamine groups is 1. The summed E-state index contributed by atoms with van der Waals surface area (Å²) in [5.74, 6) is 0. The first kappa shape index (κ1) is 11.0. The lowest BCUT2D eigenvalue weighted by molar-refractivity contribution is 0.141. The van der Waals surface area contributed by atoms with E-state index in [-0.39, 0.29) is 6.04 Å². The second-order valence-electron chi connectivity index (χ2n) is 4.26. The molecule has 2 aromatic carbocycles. The Balaban J connectivity index is 2.12. The quantitative estimate of drug-likeness (QED) is 0.613. The molecule has 1 heterocycles. The number of benzene rings is 2. The smallest absolute Gasteiger partial charge is 0.0839 e. The van der Waals surface area contributed by atoms with Crippen LogP contribution in [-0.2, 0) is 0 Å². The van der Waals surface area contributed by atoms with E-state index in [1.54, 1.807) is 0 Å². The molecule has 1 aromatic heterocycles. The second kappa shape index (κ2) is 4.64. The molecule has 0 radical (unpaired) electrons. The van der Waals surface area contributed by atoms with Gasteiger partial charge in [-0.1, -0.05) is 48.5 Å². The van der Waals surface area contributed by atoms with E-state index in [9.17, 15) is 5.21 Å². The number of aromatic nitrogens is 1. The standard InChI is InChI=1S/C15H14N2O/c18-17-15(11-6-2-1-3-7-11)13-10-16-14-9-5-4-8-12(13)14/h1-10,15-18H. The van der Waals surface area contributed by atoms with Crippen molar-refractivity contribution < 1.29 is 5.21 Å². The molecule has 1 unspecified atom stereocenters. The zero-order chi connectivity index (χ0) is 12.4. The highest BCUT2D eigenvalue weighted by atomic mass is 16.5. The van der Waals surface area contributed by atoms with E-state index in [0.717, 1.165) is 22.0 Å². The topological polar surface area (TPSA) is 48.0 Å². The molecule has 0 bridgehead atoms. The largest absolute Gasteiger partial charge is 0.361 e. The molecule has 3 rings (SSSR count). The van der Waals surface area contributed by atoms with Gasteiger partial charge in [0, 0.05) is 22.7 Å². The van der Waals surface area contributed by atoms with Crippen molar-refractivity contribution in [1.29, 1.82) is 0 Å². The molecule has 0 saturated carbocycles. The van der Waals surface area contributed by atoms with Gasteiger partial charge in [-0.05, 0) is 11.6 Å². The molecule has 18 heavy (non-hydrogen) atoms. The summed E-state index contributed by atoms with van der Waals surface area (Å²) in [6.07, 6.45) is 1.94. The van der Waals surface area contributed by atoms with Crippen LogP contribution in [0.4, 0.5) is 0 Å². The van der Waals surface area contributed by atoms with E-state index in [2.05, 4.69) is 16.5 Å².